The van der Waals surface area contributed by atoms with Gasteiger partial charge in [0.25, 0.3) is 6.43 Å². The van der Waals surface area contributed by atoms with Crippen LogP contribution in [-0.2, 0) is 0 Å². The van der Waals surface area contributed by atoms with Crippen LogP contribution in [0.15, 0.2) is 12.4 Å². The Hall–Kier alpha value is -1.06. The summed E-state index contributed by atoms with van der Waals surface area (Å²) >= 11 is 0. The largest absolute Gasteiger partial charge is 0.297 e. The van der Waals surface area contributed by atoms with Crippen LogP contribution in [0.4, 0.5) is 8.78 Å². The Labute approximate surface area is 70.7 Å². The molecule has 0 saturated carbocycles. The maximum absolute atomic E-state index is 11.8. The number of halogens is 2. The minimum atomic E-state index is -2.57. The van der Waals surface area contributed by atoms with Crippen molar-refractivity contribution in [1.82, 2.24) is 9.97 Å². The molecule has 4 heteroatoms. The highest BCUT2D eigenvalue weighted by Crippen LogP contribution is 2.12. The third-order valence-electron chi connectivity index (χ3n) is 0.996. The number of aryl methyl sites for hydroxylation is 1. The van der Waals surface area contributed by atoms with E-state index in [0.29, 0.717) is 0 Å². The van der Waals surface area contributed by atoms with Gasteiger partial charge in [-0.05, 0) is 12.5 Å². The lowest BCUT2D eigenvalue weighted by molar-refractivity contribution is 0.140. The quantitative estimate of drug-likeness (QED) is 0.654. The molecule has 68 valence electrons. The van der Waals surface area contributed by atoms with E-state index in [1.165, 1.54) is 12.4 Å². The molecule has 0 saturated heterocycles. The summed E-state index contributed by atoms with van der Waals surface area (Å²) in [6.45, 7) is 5.75. The fourth-order valence-electron chi connectivity index (χ4n) is 0.515. The molecule has 0 fully saturated rings. The van der Waals surface area contributed by atoms with Crippen molar-refractivity contribution in [3.63, 3.8) is 0 Å². The Morgan fingerprint density at radius 2 is 1.58 bits per heavy atom. The summed E-state index contributed by atoms with van der Waals surface area (Å²) < 4.78 is 23.5. The molecule has 1 rings (SSSR count). The van der Waals surface area contributed by atoms with Gasteiger partial charge in [0.05, 0.1) is 0 Å². The Kier molecular flexibility index (Phi) is 5.08. The van der Waals surface area contributed by atoms with E-state index in [9.17, 15) is 8.78 Å². The monoisotopic (exact) mass is 174 g/mol. The first-order chi connectivity index (χ1) is 5.70. The van der Waals surface area contributed by atoms with E-state index in [-0.39, 0.29) is 0 Å². The van der Waals surface area contributed by atoms with Crippen LogP contribution < -0.4 is 0 Å². The maximum atomic E-state index is 11.8. The van der Waals surface area contributed by atoms with E-state index in [1.807, 2.05) is 13.8 Å². The SMILES string of the molecule is CC.Cc1cnc(C(F)F)nc1. The molecule has 0 unspecified atom stereocenters. The first-order valence-electron chi connectivity index (χ1n) is 3.77. The first kappa shape index (κ1) is 10.9. The molecule has 1 heterocycles. The molecule has 1 aromatic heterocycles. The van der Waals surface area contributed by atoms with E-state index in [1.54, 1.807) is 6.92 Å². The summed E-state index contributed by atoms with van der Waals surface area (Å²) in [5.41, 5.74) is 0.782. The average Bonchev–Trinajstić information content (AvgIpc) is 2.09. The van der Waals surface area contributed by atoms with Gasteiger partial charge in [0.15, 0.2) is 5.82 Å². The van der Waals surface area contributed by atoms with Gasteiger partial charge in [-0.1, -0.05) is 13.8 Å². The Morgan fingerprint density at radius 3 is 1.92 bits per heavy atom. The number of hydrogen-bond donors (Lipinski definition) is 0. The molecule has 0 bridgehead atoms. The molecular weight excluding hydrogens is 162 g/mol. The molecule has 0 spiro atoms. The van der Waals surface area contributed by atoms with Crippen molar-refractivity contribution in [2.75, 3.05) is 0 Å². The smallest absolute Gasteiger partial charge is 0.236 e. The molecule has 2 nitrogen and oxygen atoms in total. The van der Waals surface area contributed by atoms with Crippen LogP contribution >= 0.6 is 0 Å². The van der Waals surface area contributed by atoms with Gasteiger partial charge in [-0.15, -0.1) is 0 Å². The van der Waals surface area contributed by atoms with E-state index in [4.69, 9.17) is 0 Å². The molecule has 0 amide bonds. The average molecular weight is 174 g/mol. The van der Waals surface area contributed by atoms with Crippen LogP contribution in [0, 0.1) is 6.92 Å². The van der Waals surface area contributed by atoms with Crippen molar-refractivity contribution in [1.29, 1.82) is 0 Å². The summed E-state index contributed by atoms with van der Waals surface area (Å²) in [5, 5.41) is 0. The van der Waals surface area contributed by atoms with Gasteiger partial charge < -0.3 is 0 Å². The molecule has 0 radical (unpaired) electrons. The Bertz CT molecular complexity index is 209. The standard InChI is InChI=1S/C6H6F2N2.C2H6/c1-4-2-9-6(5(7)8)10-3-4;1-2/h2-3,5H,1H3;1-2H3. The molecule has 0 aromatic carbocycles. The van der Waals surface area contributed by atoms with Crippen LogP contribution in [0.2, 0.25) is 0 Å². The van der Waals surface area contributed by atoms with Gasteiger partial charge >= 0.3 is 0 Å². The second kappa shape index (κ2) is 5.57. The van der Waals surface area contributed by atoms with Gasteiger partial charge in [0.2, 0.25) is 0 Å². The van der Waals surface area contributed by atoms with E-state index in [0.717, 1.165) is 5.56 Å². The molecule has 12 heavy (non-hydrogen) atoms. The molecule has 0 aliphatic heterocycles. The highest BCUT2D eigenvalue weighted by Gasteiger charge is 2.08. The number of rotatable bonds is 1. The minimum absolute atomic E-state index is 0.411. The molecule has 0 N–H and O–H groups in total. The maximum Gasteiger partial charge on any atom is 0.297 e. The van der Waals surface area contributed by atoms with Crippen LogP contribution in [0.5, 0.6) is 0 Å². The third-order valence-corrected chi connectivity index (χ3v) is 0.996. The topological polar surface area (TPSA) is 25.8 Å². The van der Waals surface area contributed by atoms with Crippen LogP contribution in [0.25, 0.3) is 0 Å². The van der Waals surface area contributed by atoms with Gasteiger partial charge in [0.1, 0.15) is 0 Å². The van der Waals surface area contributed by atoms with Crippen LogP contribution in [0.1, 0.15) is 31.7 Å². The molecule has 0 aliphatic rings. The zero-order valence-electron chi connectivity index (χ0n) is 7.38. The zero-order chi connectivity index (χ0) is 9.56. The Morgan fingerprint density at radius 1 is 1.17 bits per heavy atom. The fraction of sp³-hybridized carbons (Fsp3) is 0.500. The van der Waals surface area contributed by atoms with E-state index >= 15 is 0 Å². The number of hydrogen-bond acceptors (Lipinski definition) is 2. The second-order valence-corrected chi connectivity index (χ2v) is 1.92. The van der Waals surface area contributed by atoms with Crippen molar-refractivity contribution in [3.8, 4) is 0 Å². The summed E-state index contributed by atoms with van der Waals surface area (Å²) in [5.74, 6) is -0.411. The predicted molar refractivity (Wildman–Crippen MR) is 43.1 cm³/mol. The van der Waals surface area contributed by atoms with Crippen molar-refractivity contribution in [2.45, 2.75) is 27.2 Å². The fourth-order valence-corrected chi connectivity index (χ4v) is 0.515. The highest BCUT2D eigenvalue weighted by molar-refractivity contribution is 5.02. The number of aromatic nitrogens is 2. The number of alkyl halides is 2. The molecule has 0 atom stereocenters. The molecular formula is C8H12F2N2. The van der Waals surface area contributed by atoms with Crippen molar-refractivity contribution >= 4 is 0 Å². The number of nitrogens with zero attached hydrogens (tertiary/aromatic N) is 2. The normalized spacial score (nSPS) is 9.17. The molecule has 1 aromatic rings. The van der Waals surface area contributed by atoms with Crippen molar-refractivity contribution in [3.05, 3.63) is 23.8 Å². The summed E-state index contributed by atoms with van der Waals surface area (Å²) in [7, 11) is 0. The summed E-state index contributed by atoms with van der Waals surface area (Å²) in [4.78, 5) is 6.83. The van der Waals surface area contributed by atoms with E-state index in [2.05, 4.69) is 9.97 Å². The molecule has 0 aliphatic carbocycles. The van der Waals surface area contributed by atoms with Gasteiger partial charge in [-0.3, -0.25) is 0 Å². The van der Waals surface area contributed by atoms with Crippen molar-refractivity contribution in [2.24, 2.45) is 0 Å². The van der Waals surface area contributed by atoms with Crippen molar-refractivity contribution < 1.29 is 8.78 Å². The second-order valence-electron chi connectivity index (χ2n) is 1.92. The third kappa shape index (κ3) is 3.37. The van der Waals surface area contributed by atoms with Gasteiger partial charge in [0, 0.05) is 12.4 Å². The predicted octanol–water partition coefficient (Wildman–Crippen LogP) is 2.75. The summed E-state index contributed by atoms with van der Waals surface area (Å²) in [6.07, 6.45) is 0.170. The van der Waals surface area contributed by atoms with Crippen LogP contribution in [-0.4, -0.2) is 9.97 Å². The first-order valence-corrected chi connectivity index (χ1v) is 3.77. The van der Waals surface area contributed by atoms with Gasteiger partial charge in [-0.25, -0.2) is 18.7 Å². The lowest BCUT2D eigenvalue weighted by Gasteiger charge is -1.95. The Balaban J connectivity index is 0.000000561. The lowest BCUT2D eigenvalue weighted by Crippen LogP contribution is -1.93. The van der Waals surface area contributed by atoms with Gasteiger partial charge in [-0.2, -0.15) is 0 Å². The highest BCUT2D eigenvalue weighted by atomic mass is 19.3. The zero-order valence-corrected chi connectivity index (χ0v) is 7.38. The minimum Gasteiger partial charge on any atom is -0.236 e. The van der Waals surface area contributed by atoms with Crippen LogP contribution in [0.3, 0.4) is 0 Å². The lowest BCUT2D eigenvalue weighted by atomic mass is 10.4. The van der Waals surface area contributed by atoms with E-state index < -0.39 is 12.2 Å². The summed E-state index contributed by atoms with van der Waals surface area (Å²) in [6, 6.07) is 0.